The van der Waals surface area contributed by atoms with Crippen LogP contribution in [0.3, 0.4) is 0 Å². The molecule has 1 aliphatic carbocycles. The van der Waals surface area contributed by atoms with Crippen LogP contribution in [0.4, 0.5) is 13.2 Å². The van der Waals surface area contributed by atoms with Gasteiger partial charge in [-0.05, 0) is 61.5 Å². The van der Waals surface area contributed by atoms with Gasteiger partial charge in [-0.2, -0.15) is 0 Å². The molecule has 0 aromatic heterocycles. The van der Waals surface area contributed by atoms with Crippen LogP contribution in [0.15, 0.2) is 42.5 Å². The molecule has 5 nitrogen and oxygen atoms in total. The Kier molecular flexibility index (Phi) is 7.87. The van der Waals surface area contributed by atoms with Crippen molar-refractivity contribution >= 4 is 17.9 Å². The second kappa shape index (κ2) is 10.7. The van der Waals surface area contributed by atoms with Crippen LogP contribution in [-0.2, 0) is 16.0 Å². The van der Waals surface area contributed by atoms with Gasteiger partial charge in [0.15, 0.2) is 0 Å². The van der Waals surface area contributed by atoms with E-state index in [0.717, 1.165) is 24.8 Å². The molecule has 34 heavy (non-hydrogen) atoms. The number of benzene rings is 2. The average Bonchev–Trinajstić information content (AvgIpc) is 3.52. The van der Waals surface area contributed by atoms with Gasteiger partial charge in [-0.3, -0.25) is 9.52 Å². The van der Waals surface area contributed by atoms with Gasteiger partial charge in [0, 0.05) is 30.0 Å². The van der Waals surface area contributed by atoms with Crippen molar-refractivity contribution in [2.75, 3.05) is 26.2 Å². The molecule has 2 aromatic rings. The van der Waals surface area contributed by atoms with E-state index in [0.29, 0.717) is 42.7 Å². The number of amides is 1. The highest BCUT2D eigenvalue weighted by molar-refractivity contribution is 7.97. The SMILES string of the molecule is CN.O=C(C1CCO1)N1CC2(CC2)C(NSCF)C1Cc1cccc(-c2cccc(F)c2)c1F. The normalized spacial score (nSPS) is 24.4. The van der Waals surface area contributed by atoms with E-state index in [9.17, 15) is 13.6 Å². The minimum atomic E-state index is -0.581. The molecule has 3 N–H and O–H groups in total. The van der Waals surface area contributed by atoms with Crippen LogP contribution >= 0.6 is 11.9 Å². The number of carbonyl (C=O) groups is 1. The number of carbonyl (C=O) groups excluding carboxylic acids is 1. The minimum absolute atomic E-state index is 0.0660. The summed E-state index contributed by atoms with van der Waals surface area (Å²) in [4.78, 5) is 15.0. The number of nitrogens with one attached hydrogen (secondary N) is 1. The van der Waals surface area contributed by atoms with Crippen LogP contribution in [0.1, 0.15) is 24.8 Å². The predicted octanol–water partition coefficient (Wildman–Crippen LogP) is 4.06. The third-order valence-corrected chi connectivity index (χ3v) is 7.52. The van der Waals surface area contributed by atoms with Gasteiger partial charge >= 0.3 is 0 Å². The van der Waals surface area contributed by atoms with Gasteiger partial charge in [-0.15, -0.1) is 0 Å². The van der Waals surface area contributed by atoms with Gasteiger partial charge < -0.3 is 15.4 Å². The number of hydrogen-bond acceptors (Lipinski definition) is 5. The van der Waals surface area contributed by atoms with Crippen molar-refractivity contribution in [2.45, 2.75) is 43.9 Å². The summed E-state index contributed by atoms with van der Waals surface area (Å²) in [5.74, 6) is -0.911. The van der Waals surface area contributed by atoms with E-state index in [4.69, 9.17) is 4.74 Å². The molecule has 2 aliphatic heterocycles. The van der Waals surface area contributed by atoms with Crippen LogP contribution in [0, 0.1) is 17.0 Å². The second-order valence-corrected chi connectivity index (χ2v) is 9.63. The molecule has 2 aromatic carbocycles. The Labute approximate surface area is 202 Å². The lowest BCUT2D eigenvalue weighted by Crippen LogP contribution is -2.51. The highest BCUT2D eigenvalue weighted by Gasteiger charge is 2.61. The summed E-state index contributed by atoms with van der Waals surface area (Å²) in [5, 5.41) is 0. The molecule has 3 fully saturated rings. The molecule has 0 radical (unpaired) electrons. The summed E-state index contributed by atoms with van der Waals surface area (Å²) in [6.07, 6.45) is 2.45. The molecule has 1 saturated carbocycles. The smallest absolute Gasteiger partial charge is 0.252 e. The van der Waals surface area contributed by atoms with E-state index < -0.39 is 23.7 Å². The lowest BCUT2D eigenvalue weighted by atomic mass is 9.91. The highest BCUT2D eigenvalue weighted by atomic mass is 32.2. The van der Waals surface area contributed by atoms with Crippen molar-refractivity contribution in [1.29, 1.82) is 0 Å². The van der Waals surface area contributed by atoms with Crippen LogP contribution in [0.5, 0.6) is 0 Å². The average molecular weight is 494 g/mol. The number of likely N-dealkylation sites (tertiary alicyclic amines) is 1. The van der Waals surface area contributed by atoms with Crippen LogP contribution < -0.4 is 10.5 Å². The maximum absolute atomic E-state index is 15.6. The topological polar surface area (TPSA) is 67.6 Å². The summed E-state index contributed by atoms with van der Waals surface area (Å²) in [5.41, 5.74) is 5.65. The molecule has 184 valence electrons. The van der Waals surface area contributed by atoms with Crippen molar-refractivity contribution in [3.05, 3.63) is 59.7 Å². The van der Waals surface area contributed by atoms with E-state index in [2.05, 4.69) is 10.5 Å². The van der Waals surface area contributed by atoms with E-state index >= 15 is 4.39 Å². The standard InChI is InChI=1S/C24H25F3N2O2S.CH5N/c25-14-32-28-22-19(29(13-24(22)8-9-24)23(30)20-7-10-31-20)12-16-4-2-6-18(21(16)27)15-3-1-5-17(26)11-15;1-2/h1-6,11,19-20,22,28H,7-10,12-14H2;2H2,1H3. The predicted molar refractivity (Wildman–Crippen MR) is 128 cm³/mol. The van der Waals surface area contributed by atoms with Crippen LogP contribution in [0.25, 0.3) is 11.1 Å². The van der Waals surface area contributed by atoms with Gasteiger partial charge in [0.25, 0.3) is 5.91 Å². The maximum atomic E-state index is 15.6. The number of nitrogens with zero attached hydrogens (tertiary/aromatic N) is 1. The zero-order chi connectivity index (χ0) is 24.3. The minimum Gasteiger partial charge on any atom is -0.368 e. The summed E-state index contributed by atoms with van der Waals surface area (Å²) in [6.45, 7) is 1.15. The first-order valence-corrected chi connectivity index (χ1v) is 12.5. The third-order valence-electron chi connectivity index (χ3n) is 6.99. The molecule has 9 heteroatoms. The molecule has 3 unspecified atom stereocenters. The van der Waals surface area contributed by atoms with Crippen molar-refractivity contribution in [2.24, 2.45) is 11.1 Å². The highest BCUT2D eigenvalue weighted by Crippen LogP contribution is 2.56. The third kappa shape index (κ3) is 4.84. The first kappa shape index (κ1) is 25.0. The van der Waals surface area contributed by atoms with Gasteiger partial charge in [0.05, 0.1) is 12.6 Å². The molecule has 5 rings (SSSR count). The fraction of sp³-hybridized carbons (Fsp3) is 0.480. The van der Waals surface area contributed by atoms with Gasteiger partial charge in [-0.25, -0.2) is 13.2 Å². The quantitative estimate of drug-likeness (QED) is 0.570. The zero-order valence-electron chi connectivity index (χ0n) is 19.1. The maximum Gasteiger partial charge on any atom is 0.252 e. The number of alkyl halides is 1. The van der Waals surface area contributed by atoms with E-state index in [1.807, 2.05) is 4.90 Å². The zero-order valence-corrected chi connectivity index (χ0v) is 19.9. The second-order valence-electron chi connectivity index (χ2n) is 8.89. The Morgan fingerprint density at radius 1 is 1.24 bits per heavy atom. The fourth-order valence-electron chi connectivity index (χ4n) is 5.02. The van der Waals surface area contributed by atoms with Crippen LogP contribution in [0.2, 0.25) is 0 Å². The Morgan fingerprint density at radius 2 is 1.97 bits per heavy atom. The van der Waals surface area contributed by atoms with E-state index in [1.165, 1.54) is 19.2 Å². The van der Waals surface area contributed by atoms with Crippen LogP contribution in [-0.4, -0.2) is 55.2 Å². The van der Waals surface area contributed by atoms with E-state index in [-0.39, 0.29) is 23.4 Å². The largest absolute Gasteiger partial charge is 0.368 e. The van der Waals surface area contributed by atoms with Crippen molar-refractivity contribution in [1.82, 2.24) is 9.62 Å². The van der Waals surface area contributed by atoms with Gasteiger partial charge in [0.1, 0.15) is 23.7 Å². The molecule has 2 saturated heterocycles. The molecule has 2 heterocycles. The summed E-state index contributed by atoms with van der Waals surface area (Å²) in [6, 6.07) is 9.91. The number of hydrogen-bond donors (Lipinski definition) is 2. The molecule has 0 bridgehead atoms. The Bertz CT molecular complexity index is 1020. The number of ether oxygens (including phenoxy) is 1. The molecule has 3 atom stereocenters. The number of rotatable bonds is 7. The first-order chi connectivity index (χ1) is 16.5. The number of halogens is 3. The lowest BCUT2D eigenvalue weighted by molar-refractivity contribution is -0.157. The van der Waals surface area contributed by atoms with Crippen molar-refractivity contribution in [3.63, 3.8) is 0 Å². The monoisotopic (exact) mass is 493 g/mol. The first-order valence-electron chi connectivity index (χ1n) is 11.5. The molecule has 1 spiro atoms. The summed E-state index contributed by atoms with van der Waals surface area (Å²) >= 11 is 0.988. The Hall–Kier alpha value is -2.07. The Morgan fingerprint density at radius 3 is 2.59 bits per heavy atom. The Balaban J connectivity index is 0.00000133. The molecule has 1 amide bonds. The molecular formula is C25H30F3N3O2S. The molecular weight excluding hydrogens is 463 g/mol. The van der Waals surface area contributed by atoms with Gasteiger partial charge in [0.2, 0.25) is 0 Å². The summed E-state index contributed by atoms with van der Waals surface area (Å²) < 4.78 is 50.9. The van der Waals surface area contributed by atoms with Crippen molar-refractivity contribution in [3.8, 4) is 11.1 Å². The molecule has 3 aliphatic rings. The lowest BCUT2D eigenvalue weighted by Gasteiger charge is -2.34. The van der Waals surface area contributed by atoms with Crippen molar-refractivity contribution < 1.29 is 22.7 Å². The summed E-state index contributed by atoms with van der Waals surface area (Å²) in [7, 11) is 1.50. The fourth-order valence-corrected chi connectivity index (χ4v) is 5.67. The van der Waals surface area contributed by atoms with E-state index in [1.54, 1.807) is 30.3 Å². The van der Waals surface area contributed by atoms with Gasteiger partial charge in [-0.1, -0.05) is 30.3 Å². The number of nitrogens with two attached hydrogens (primary N) is 1.